The summed E-state index contributed by atoms with van der Waals surface area (Å²) in [5.74, 6) is 2.51. The van der Waals surface area contributed by atoms with Crippen LogP contribution >= 0.6 is 11.9 Å². The molecular weight excluding hydrogens is 646 g/mol. The van der Waals surface area contributed by atoms with Crippen molar-refractivity contribution in [2.24, 2.45) is 0 Å². The van der Waals surface area contributed by atoms with Crippen LogP contribution < -0.4 is 26.2 Å². The number of para-hydroxylation sites is 1. The standard InChI is InChI=1S/C35H34FN9O3S/c36-30-5-1-2-6-31(30)48-15-11-24-18-25-20-39-35(42-28-9-7-27(8-10-28)41-29-4-3-12-37-21-29)43-32(25)45(34(24)46)22-26-19-38-23-40-33(26)49-44-13-16-47-17-14-44/h1-2,5-10,18-20,23,29,37,41H,3-4,12-14,16-17,21-22H2,(H,39,42,43). The van der Waals surface area contributed by atoms with Crippen LogP contribution in [0.4, 0.5) is 21.7 Å². The summed E-state index contributed by atoms with van der Waals surface area (Å²) < 4.78 is 28.6. The molecule has 3 aromatic heterocycles. The minimum atomic E-state index is -0.553. The van der Waals surface area contributed by atoms with Gasteiger partial charge < -0.3 is 25.4 Å². The molecule has 1 atom stereocenters. The molecule has 2 aromatic carbocycles. The van der Waals surface area contributed by atoms with Crippen molar-refractivity contribution in [1.82, 2.24) is 34.1 Å². The fraction of sp³-hybridized carbons (Fsp3) is 0.286. The Balaban J connectivity index is 1.20. The second kappa shape index (κ2) is 15.4. The number of hydrogen-bond donors (Lipinski definition) is 3. The van der Waals surface area contributed by atoms with Gasteiger partial charge in [0.2, 0.25) is 5.95 Å². The maximum Gasteiger partial charge on any atom is 0.268 e. The fourth-order valence-electron chi connectivity index (χ4n) is 5.58. The summed E-state index contributed by atoms with van der Waals surface area (Å²) in [6.07, 6.45) is 9.60. The smallest absolute Gasteiger partial charge is 0.268 e. The minimum absolute atomic E-state index is 0.0313. The van der Waals surface area contributed by atoms with Gasteiger partial charge in [-0.3, -0.25) is 9.36 Å². The van der Waals surface area contributed by atoms with Gasteiger partial charge in [-0.1, -0.05) is 12.1 Å². The lowest BCUT2D eigenvalue weighted by atomic mass is 10.1. The lowest BCUT2D eigenvalue weighted by Gasteiger charge is -2.25. The number of ether oxygens (including phenoxy) is 2. The van der Waals surface area contributed by atoms with Crippen LogP contribution in [0.3, 0.4) is 0 Å². The van der Waals surface area contributed by atoms with Gasteiger partial charge in [-0.15, -0.1) is 0 Å². The first-order valence-corrected chi connectivity index (χ1v) is 16.8. The van der Waals surface area contributed by atoms with Gasteiger partial charge in [0.15, 0.2) is 11.6 Å². The van der Waals surface area contributed by atoms with Crippen LogP contribution in [0, 0.1) is 17.8 Å². The number of aromatic nitrogens is 5. The minimum Gasteiger partial charge on any atom is -0.404 e. The highest BCUT2D eigenvalue weighted by Gasteiger charge is 2.18. The predicted molar refractivity (Wildman–Crippen MR) is 186 cm³/mol. The number of nitrogens with one attached hydrogen (secondary N) is 3. The highest BCUT2D eigenvalue weighted by atomic mass is 32.2. The zero-order chi connectivity index (χ0) is 33.4. The highest BCUT2D eigenvalue weighted by Crippen LogP contribution is 2.26. The van der Waals surface area contributed by atoms with Crippen molar-refractivity contribution in [3.05, 3.63) is 101 Å². The average molecular weight is 680 g/mol. The van der Waals surface area contributed by atoms with Crippen molar-refractivity contribution in [2.75, 3.05) is 50.0 Å². The molecule has 0 bridgehead atoms. The van der Waals surface area contributed by atoms with E-state index in [9.17, 15) is 9.18 Å². The zero-order valence-electron chi connectivity index (χ0n) is 26.6. The first-order valence-electron chi connectivity index (χ1n) is 16.1. The average Bonchev–Trinajstić information content (AvgIpc) is 3.13. The Labute approximate surface area is 286 Å². The van der Waals surface area contributed by atoms with Gasteiger partial charge in [0, 0.05) is 60.4 Å². The SMILES string of the molecule is O=c1c(C#COc2ccccc2F)cc2cnc(Nc3ccc(NC4CCCNC4)cc3)nc2n1Cc1cncnc1SN1CCOCC1. The molecule has 14 heteroatoms. The van der Waals surface area contributed by atoms with Crippen molar-refractivity contribution < 1.29 is 13.9 Å². The van der Waals surface area contributed by atoms with E-state index in [1.165, 1.54) is 35.0 Å². The third kappa shape index (κ3) is 8.15. The molecule has 3 N–H and O–H groups in total. The van der Waals surface area contributed by atoms with Crippen LogP contribution in [0.5, 0.6) is 5.75 Å². The fourth-order valence-corrected chi connectivity index (χ4v) is 6.48. The first kappa shape index (κ1) is 32.5. The molecule has 0 spiro atoms. The van der Waals surface area contributed by atoms with Gasteiger partial charge in [-0.05, 0) is 79.7 Å². The van der Waals surface area contributed by atoms with Crippen LogP contribution in [0.2, 0.25) is 0 Å². The monoisotopic (exact) mass is 679 g/mol. The maximum absolute atomic E-state index is 14.1. The normalized spacial score (nSPS) is 16.5. The quantitative estimate of drug-likeness (QED) is 0.116. The Morgan fingerprint density at radius 1 is 1.08 bits per heavy atom. The van der Waals surface area contributed by atoms with E-state index in [-0.39, 0.29) is 17.9 Å². The van der Waals surface area contributed by atoms with E-state index in [1.54, 1.807) is 30.6 Å². The summed E-state index contributed by atoms with van der Waals surface area (Å²) in [5, 5.41) is 11.6. The second-order valence-electron chi connectivity index (χ2n) is 11.6. The molecule has 5 aromatic rings. The first-order chi connectivity index (χ1) is 24.1. The molecule has 0 aliphatic carbocycles. The second-order valence-corrected chi connectivity index (χ2v) is 12.6. The molecule has 0 radical (unpaired) electrons. The molecule has 1 unspecified atom stereocenters. The number of benzene rings is 2. The number of fused-ring (bicyclic) bond motifs is 1. The summed E-state index contributed by atoms with van der Waals surface area (Å²) in [6, 6.07) is 15.9. The highest BCUT2D eigenvalue weighted by molar-refractivity contribution is 7.97. The van der Waals surface area contributed by atoms with Crippen molar-refractivity contribution in [1.29, 1.82) is 0 Å². The molecular formula is C35H34FN9O3S. The van der Waals surface area contributed by atoms with E-state index in [0.717, 1.165) is 61.0 Å². The molecule has 0 saturated carbocycles. The molecule has 5 heterocycles. The summed E-state index contributed by atoms with van der Waals surface area (Å²) >= 11 is 1.51. The van der Waals surface area contributed by atoms with Crippen LogP contribution in [0.15, 0.2) is 83.1 Å². The van der Waals surface area contributed by atoms with Gasteiger partial charge in [0.05, 0.1) is 25.3 Å². The maximum atomic E-state index is 14.1. The summed E-state index contributed by atoms with van der Waals surface area (Å²) in [4.78, 5) is 32.1. The molecule has 12 nitrogen and oxygen atoms in total. The molecule has 2 aliphatic heterocycles. The molecule has 7 rings (SSSR count). The van der Waals surface area contributed by atoms with Crippen LogP contribution in [0.25, 0.3) is 11.0 Å². The number of pyridine rings is 1. The van der Waals surface area contributed by atoms with Crippen LogP contribution in [0.1, 0.15) is 24.0 Å². The lowest BCUT2D eigenvalue weighted by Crippen LogP contribution is -2.38. The Kier molecular flexibility index (Phi) is 10.2. The van der Waals surface area contributed by atoms with Gasteiger partial charge in [0.25, 0.3) is 5.56 Å². The summed E-state index contributed by atoms with van der Waals surface area (Å²) in [5.41, 5.74) is 2.71. The third-order valence-corrected chi connectivity index (χ3v) is 9.24. The molecule has 0 amide bonds. The number of anilines is 3. The number of morpholine rings is 1. The van der Waals surface area contributed by atoms with Crippen molar-refractivity contribution in [3.8, 4) is 17.8 Å². The summed E-state index contributed by atoms with van der Waals surface area (Å²) in [7, 11) is 0. The molecule has 2 fully saturated rings. The van der Waals surface area contributed by atoms with Gasteiger partial charge in [-0.2, -0.15) is 4.98 Å². The number of piperidine rings is 1. The van der Waals surface area contributed by atoms with E-state index in [0.29, 0.717) is 36.2 Å². The Morgan fingerprint density at radius 3 is 2.73 bits per heavy atom. The van der Waals surface area contributed by atoms with Gasteiger partial charge in [-0.25, -0.2) is 23.6 Å². The Hall–Kier alpha value is -5.07. The Bertz CT molecular complexity index is 2040. The number of nitrogens with zero attached hydrogens (tertiary/aromatic N) is 6. The largest absolute Gasteiger partial charge is 0.404 e. The van der Waals surface area contributed by atoms with Gasteiger partial charge in [0.1, 0.15) is 23.1 Å². The number of halogens is 1. The predicted octanol–water partition coefficient (Wildman–Crippen LogP) is 4.40. The molecule has 2 aliphatic rings. The number of hydrogen-bond acceptors (Lipinski definition) is 12. The van der Waals surface area contributed by atoms with Crippen molar-refractivity contribution in [3.63, 3.8) is 0 Å². The number of rotatable bonds is 9. The zero-order valence-corrected chi connectivity index (χ0v) is 27.4. The van der Waals surface area contributed by atoms with E-state index >= 15 is 0 Å². The molecule has 2 saturated heterocycles. The van der Waals surface area contributed by atoms with E-state index in [1.807, 2.05) is 24.3 Å². The van der Waals surface area contributed by atoms with Crippen LogP contribution in [-0.4, -0.2) is 74.2 Å². The van der Waals surface area contributed by atoms with E-state index in [4.69, 9.17) is 14.5 Å². The molecule has 250 valence electrons. The van der Waals surface area contributed by atoms with Gasteiger partial charge >= 0.3 is 0 Å². The van der Waals surface area contributed by atoms with E-state index in [2.05, 4.69) is 47.2 Å². The molecule has 49 heavy (non-hydrogen) atoms. The third-order valence-electron chi connectivity index (χ3n) is 8.08. The topological polar surface area (TPSA) is 131 Å². The van der Waals surface area contributed by atoms with Crippen LogP contribution in [-0.2, 0) is 11.3 Å². The Morgan fingerprint density at radius 2 is 1.92 bits per heavy atom. The summed E-state index contributed by atoms with van der Waals surface area (Å²) in [6.45, 7) is 4.91. The van der Waals surface area contributed by atoms with Crippen molar-refractivity contribution in [2.45, 2.75) is 30.5 Å². The van der Waals surface area contributed by atoms with Crippen molar-refractivity contribution >= 4 is 40.3 Å². The lowest BCUT2D eigenvalue weighted by molar-refractivity contribution is 0.0772. The van der Waals surface area contributed by atoms with E-state index < -0.39 is 11.4 Å².